The van der Waals surface area contributed by atoms with Crippen molar-refractivity contribution in [1.82, 2.24) is 0 Å². The maximum absolute atomic E-state index is 15.3. The molecule has 4 atom stereocenters. The zero-order valence-corrected chi connectivity index (χ0v) is 16.2. The summed E-state index contributed by atoms with van der Waals surface area (Å²) >= 11 is 3.54. The minimum atomic E-state index is -0.0962. The van der Waals surface area contributed by atoms with Crippen LogP contribution in [0.1, 0.15) is 71.3 Å². The number of fused-ring (bicyclic) bond motifs is 6. The normalized spacial score (nSPS) is 30.0. The molecule has 132 valence electrons. The van der Waals surface area contributed by atoms with E-state index >= 15 is 8.78 Å². The molecule has 4 heteroatoms. The fourth-order valence-corrected chi connectivity index (χ4v) is 8.15. The monoisotopic (exact) mass is 384 g/mol. The molecule has 2 aliphatic carbocycles. The van der Waals surface area contributed by atoms with Gasteiger partial charge in [-0.1, -0.05) is 26.0 Å². The number of hydrogen-bond donors (Lipinski definition) is 0. The molecule has 0 bridgehead atoms. The number of benzene rings is 2. The van der Waals surface area contributed by atoms with Gasteiger partial charge in [0.25, 0.3) is 0 Å². The van der Waals surface area contributed by atoms with Crippen LogP contribution in [0, 0.1) is 11.6 Å². The highest BCUT2D eigenvalue weighted by molar-refractivity contribution is 8.03. The SMILES string of the molecule is CCC1=CC2c3cc(F)c4c5c(cc(F)c(c35)C2S1)C1C=C(CC)SC41. The third-order valence-corrected chi connectivity index (χ3v) is 9.39. The second-order valence-electron chi connectivity index (χ2n) is 7.57. The quantitative estimate of drug-likeness (QED) is 0.526. The van der Waals surface area contributed by atoms with Crippen LogP contribution in [0.4, 0.5) is 8.78 Å². The lowest BCUT2D eigenvalue weighted by Crippen LogP contribution is -1.99. The molecule has 2 aromatic carbocycles. The van der Waals surface area contributed by atoms with Gasteiger partial charge in [-0.3, -0.25) is 0 Å². The van der Waals surface area contributed by atoms with E-state index in [9.17, 15) is 0 Å². The standard InChI is InChI=1S/C22H18F2S2/c1-3-9-5-13-11-7-16(24)20-18-12(14-6-10(4-2)26-22(14)20)8-15(23)19(17(11)18)21(13)25-9/h5-8,13-14,21-22H,3-4H2,1-2H3. The van der Waals surface area contributed by atoms with Gasteiger partial charge >= 0.3 is 0 Å². The molecule has 2 aromatic rings. The van der Waals surface area contributed by atoms with E-state index < -0.39 is 0 Å². The minimum Gasteiger partial charge on any atom is -0.207 e. The molecule has 4 unspecified atom stereocenters. The Morgan fingerprint density at radius 2 is 1.19 bits per heavy atom. The van der Waals surface area contributed by atoms with Crippen LogP contribution < -0.4 is 0 Å². The van der Waals surface area contributed by atoms with Crippen molar-refractivity contribution in [2.45, 2.75) is 49.0 Å². The first kappa shape index (κ1) is 15.8. The van der Waals surface area contributed by atoms with Crippen molar-refractivity contribution in [3.8, 4) is 0 Å². The van der Waals surface area contributed by atoms with Gasteiger partial charge in [-0.2, -0.15) is 0 Å². The average Bonchev–Trinajstić information content (AvgIpc) is 3.34. The van der Waals surface area contributed by atoms with E-state index in [1.807, 2.05) is 0 Å². The van der Waals surface area contributed by atoms with E-state index in [-0.39, 0.29) is 34.0 Å². The van der Waals surface area contributed by atoms with E-state index in [2.05, 4.69) is 26.0 Å². The summed E-state index contributed by atoms with van der Waals surface area (Å²) < 4.78 is 30.5. The van der Waals surface area contributed by atoms with Crippen molar-refractivity contribution in [2.24, 2.45) is 0 Å². The van der Waals surface area contributed by atoms with Gasteiger partial charge in [0.05, 0.1) is 0 Å². The lowest BCUT2D eigenvalue weighted by molar-refractivity contribution is 0.602. The van der Waals surface area contributed by atoms with Crippen LogP contribution >= 0.6 is 23.5 Å². The summed E-state index contributed by atoms with van der Waals surface area (Å²) in [6.07, 6.45) is 6.40. The molecule has 4 aliphatic rings. The molecular formula is C22H18F2S2. The van der Waals surface area contributed by atoms with Gasteiger partial charge in [-0.15, -0.1) is 23.5 Å². The predicted octanol–water partition coefficient (Wildman–Crippen LogP) is 7.48. The highest BCUT2D eigenvalue weighted by atomic mass is 32.2. The Balaban J connectivity index is 1.68. The van der Waals surface area contributed by atoms with Gasteiger partial charge in [0.1, 0.15) is 11.6 Å². The van der Waals surface area contributed by atoms with E-state index in [4.69, 9.17) is 0 Å². The summed E-state index contributed by atoms with van der Waals surface area (Å²) in [6, 6.07) is 3.44. The number of rotatable bonds is 2. The summed E-state index contributed by atoms with van der Waals surface area (Å²) in [5.41, 5.74) is 3.64. The van der Waals surface area contributed by atoms with Crippen molar-refractivity contribution < 1.29 is 8.78 Å². The molecule has 0 fully saturated rings. The Kier molecular flexibility index (Phi) is 3.13. The molecule has 0 amide bonds. The lowest BCUT2D eigenvalue weighted by atomic mass is 9.96. The second-order valence-corrected chi connectivity index (χ2v) is 10.1. The highest BCUT2D eigenvalue weighted by Crippen LogP contribution is 2.66. The fraction of sp³-hybridized carbons (Fsp3) is 0.364. The molecular weight excluding hydrogens is 366 g/mol. The lowest BCUT2D eigenvalue weighted by Gasteiger charge is -2.13. The smallest absolute Gasteiger partial charge is 0.128 e. The summed E-state index contributed by atoms with van der Waals surface area (Å²) in [4.78, 5) is 2.59. The van der Waals surface area contributed by atoms with Crippen LogP contribution in [0.25, 0.3) is 10.8 Å². The number of allylic oxidation sites excluding steroid dienone is 4. The van der Waals surface area contributed by atoms with E-state index in [0.29, 0.717) is 0 Å². The Labute approximate surface area is 160 Å². The third-order valence-electron chi connectivity index (χ3n) is 6.37. The zero-order chi connectivity index (χ0) is 17.7. The summed E-state index contributed by atoms with van der Waals surface area (Å²) in [5, 5.41) is 2.20. The van der Waals surface area contributed by atoms with Crippen LogP contribution in [-0.4, -0.2) is 0 Å². The van der Waals surface area contributed by atoms with Gasteiger partial charge in [-0.25, -0.2) is 8.78 Å². The average molecular weight is 385 g/mol. The maximum atomic E-state index is 15.3. The van der Waals surface area contributed by atoms with Crippen molar-refractivity contribution in [3.05, 3.63) is 68.0 Å². The number of thioether (sulfide) groups is 2. The van der Waals surface area contributed by atoms with E-state index in [1.165, 1.54) is 9.81 Å². The molecule has 0 saturated carbocycles. The summed E-state index contributed by atoms with van der Waals surface area (Å²) in [7, 11) is 0. The Morgan fingerprint density at radius 3 is 1.58 bits per heavy atom. The van der Waals surface area contributed by atoms with Gasteiger partial charge < -0.3 is 0 Å². The number of halogens is 2. The van der Waals surface area contributed by atoms with Crippen molar-refractivity contribution in [2.75, 3.05) is 0 Å². The molecule has 2 aliphatic heterocycles. The molecule has 0 aromatic heterocycles. The van der Waals surface area contributed by atoms with Crippen LogP contribution in [0.15, 0.2) is 34.1 Å². The Morgan fingerprint density at radius 1 is 0.769 bits per heavy atom. The van der Waals surface area contributed by atoms with Crippen molar-refractivity contribution in [3.63, 3.8) is 0 Å². The summed E-state index contributed by atoms with van der Waals surface area (Å²) in [5.74, 6) is 0.0447. The number of hydrogen-bond acceptors (Lipinski definition) is 2. The third kappa shape index (κ3) is 1.73. The Bertz CT molecular complexity index is 981. The molecule has 0 saturated heterocycles. The van der Waals surface area contributed by atoms with Crippen LogP contribution in [-0.2, 0) is 0 Å². The Hall–Kier alpha value is -1.26. The summed E-state index contributed by atoms with van der Waals surface area (Å²) in [6.45, 7) is 4.26. The van der Waals surface area contributed by atoms with Crippen molar-refractivity contribution in [1.29, 1.82) is 0 Å². The fourth-order valence-electron chi connectivity index (χ4n) is 5.27. The molecule has 0 nitrogen and oxygen atoms in total. The van der Waals surface area contributed by atoms with Crippen LogP contribution in [0.5, 0.6) is 0 Å². The van der Waals surface area contributed by atoms with Crippen LogP contribution in [0.3, 0.4) is 0 Å². The van der Waals surface area contributed by atoms with E-state index in [0.717, 1.165) is 45.9 Å². The first-order valence-corrected chi connectivity index (χ1v) is 11.1. The largest absolute Gasteiger partial charge is 0.207 e. The zero-order valence-electron chi connectivity index (χ0n) is 14.6. The first-order valence-electron chi connectivity index (χ1n) is 9.35. The highest BCUT2D eigenvalue weighted by Gasteiger charge is 2.47. The second kappa shape index (κ2) is 5.17. The first-order chi connectivity index (χ1) is 12.6. The molecule has 0 radical (unpaired) electrons. The van der Waals surface area contributed by atoms with Gasteiger partial charge in [0.2, 0.25) is 0 Å². The minimum absolute atomic E-state index is 0.0819. The molecule has 0 spiro atoms. The molecule has 26 heavy (non-hydrogen) atoms. The van der Waals surface area contributed by atoms with Crippen LogP contribution in [0.2, 0.25) is 0 Å². The topological polar surface area (TPSA) is 0 Å². The van der Waals surface area contributed by atoms with Crippen molar-refractivity contribution >= 4 is 34.3 Å². The maximum Gasteiger partial charge on any atom is 0.128 e. The van der Waals surface area contributed by atoms with E-state index in [1.54, 1.807) is 35.7 Å². The molecule has 2 heterocycles. The van der Waals surface area contributed by atoms with Gasteiger partial charge in [0, 0.05) is 33.5 Å². The van der Waals surface area contributed by atoms with Gasteiger partial charge in [0.15, 0.2) is 0 Å². The van der Waals surface area contributed by atoms with Gasteiger partial charge in [-0.05, 0) is 56.7 Å². The molecule has 6 rings (SSSR count). The molecule has 0 N–H and O–H groups in total. The predicted molar refractivity (Wildman–Crippen MR) is 107 cm³/mol.